The highest BCUT2D eigenvalue weighted by Crippen LogP contribution is 2.07. The lowest BCUT2D eigenvalue weighted by atomic mass is 10.1. The first-order chi connectivity index (χ1) is 8.17. The minimum absolute atomic E-state index is 0.0972. The van der Waals surface area contributed by atoms with E-state index < -0.39 is 0 Å². The highest BCUT2D eigenvalue weighted by molar-refractivity contribution is 5.78. The number of hydrogen-bond acceptors (Lipinski definition) is 4. The van der Waals surface area contributed by atoms with E-state index in [2.05, 4.69) is 17.6 Å². The monoisotopic (exact) mass is 242 g/mol. The van der Waals surface area contributed by atoms with E-state index in [1.807, 2.05) is 0 Å². The molecule has 1 aliphatic heterocycles. The fourth-order valence-corrected chi connectivity index (χ4v) is 1.97. The summed E-state index contributed by atoms with van der Waals surface area (Å²) < 4.78 is 4.76. The first-order valence-corrected chi connectivity index (χ1v) is 6.28. The smallest absolute Gasteiger partial charge is 0.322 e. The number of carbonyl (C=O) groups excluding carboxylic acids is 2. The normalized spacial score (nSPS) is 21.1. The fraction of sp³-hybridized carbons (Fsp3) is 0.833. The molecular formula is C12H22N2O3. The summed E-state index contributed by atoms with van der Waals surface area (Å²) in [5, 5.41) is 6.05. The molecule has 17 heavy (non-hydrogen) atoms. The Morgan fingerprint density at radius 2 is 2.41 bits per heavy atom. The molecule has 2 unspecified atom stereocenters. The number of rotatable bonds is 7. The zero-order valence-electron chi connectivity index (χ0n) is 10.6. The van der Waals surface area contributed by atoms with Gasteiger partial charge in [-0.25, -0.2) is 0 Å². The number of ether oxygens (including phenoxy) is 1. The summed E-state index contributed by atoms with van der Waals surface area (Å²) >= 11 is 0. The van der Waals surface area contributed by atoms with Crippen molar-refractivity contribution in [1.29, 1.82) is 0 Å². The summed E-state index contributed by atoms with van der Waals surface area (Å²) in [4.78, 5) is 22.5. The SMILES string of the molecule is CCCCC(NCC1CCC(=O)N1)C(=O)OC. The van der Waals surface area contributed by atoms with Crippen molar-refractivity contribution < 1.29 is 14.3 Å². The summed E-state index contributed by atoms with van der Waals surface area (Å²) in [6.45, 7) is 2.72. The molecule has 5 nitrogen and oxygen atoms in total. The zero-order chi connectivity index (χ0) is 12.7. The van der Waals surface area contributed by atoms with Gasteiger partial charge >= 0.3 is 5.97 Å². The van der Waals surface area contributed by atoms with E-state index in [0.717, 1.165) is 25.7 Å². The second-order valence-corrected chi connectivity index (χ2v) is 4.43. The largest absolute Gasteiger partial charge is 0.468 e. The van der Waals surface area contributed by atoms with Crippen LogP contribution in [0.4, 0.5) is 0 Å². The highest BCUT2D eigenvalue weighted by Gasteiger charge is 2.23. The molecular weight excluding hydrogens is 220 g/mol. The lowest BCUT2D eigenvalue weighted by Gasteiger charge is -2.18. The van der Waals surface area contributed by atoms with E-state index in [1.165, 1.54) is 7.11 Å². The third-order valence-electron chi connectivity index (χ3n) is 3.03. The molecule has 1 fully saturated rings. The number of esters is 1. The van der Waals surface area contributed by atoms with Crippen LogP contribution in [-0.4, -0.2) is 37.6 Å². The zero-order valence-corrected chi connectivity index (χ0v) is 10.6. The van der Waals surface area contributed by atoms with Crippen LogP contribution >= 0.6 is 0 Å². The molecule has 0 radical (unpaired) electrons. The van der Waals surface area contributed by atoms with Gasteiger partial charge in [-0.05, 0) is 12.8 Å². The quantitative estimate of drug-likeness (QED) is 0.641. The van der Waals surface area contributed by atoms with Gasteiger partial charge in [-0.2, -0.15) is 0 Å². The molecule has 0 bridgehead atoms. The van der Waals surface area contributed by atoms with E-state index in [-0.39, 0.29) is 24.0 Å². The molecule has 0 aromatic carbocycles. The van der Waals surface area contributed by atoms with Crippen LogP contribution in [0.2, 0.25) is 0 Å². The summed E-state index contributed by atoms with van der Waals surface area (Å²) in [6.07, 6.45) is 4.25. The maximum absolute atomic E-state index is 11.5. The molecule has 1 saturated heterocycles. The molecule has 2 atom stereocenters. The van der Waals surface area contributed by atoms with Crippen molar-refractivity contribution in [3.05, 3.63) is 0 Å². The fourth-order valence-electron chi connectivity index (χ4n) is 1.97. The predicted molar refractivity (Wildman–Crippen MR) is 64.5 cm³/mol. The average molecular weight is 242 g/mol. The van der Waals surface area contributed by atoms with Crippen molar-refractivity contribution in [2.24, 2.45) is 0 Å². The number of hydrogen-bond donors (Lipinski definition) is 2. The summed E-state index contributed by atoms with van der Waals surface area (Å²) in [6, 6.07) is -0.103. The molecule has 2 N–H and O–H groups in total. The standard InChI is InChI=1S/C12H22N2O3/c1-3-4-5-10(12(16)17-2)13-8-9-6-7-11(15)14-9/h9-10,13H,3-8H2,1-2H3,(H,14,15). The Kier molecular flexibility index (Phi) is 5.97. The van der Waals surface area contributed by atoms with Crippen LogP contribution in [-0.2, 0) is 14.3 Å². The first kappa shape index (κ1) is 14.0. The first-order valence-electron chi connectivity index (χ1n) is 6.28. The third kappa shape index (κ3) is 4.73. The van der Waals surface area contributed by atoms with Crippen LogP contribution in [0.3, 0.4) is 0 Å². The van der Waals surface area contributed by atoms with Gasteiger partial charge in [0.2, 0.25) is 5.91 Å². The Balaban J connectivity index is 2.32. The van der Waals surface area contributed by atoms with Gasteiger partial charge in [0.1, 0.15) is 6.04 Å². The maximum atomic E-state index is 11.5. The van der Waals surface area contributed by atoms with Crippen LogP contribution in [0.15, 0.2) is 0 Å². The van der Waals surface area contributed by atoms with Crippen molar-refractivity contribution in [2.75, 3.05) is 13.7 Å². The van der Waals surface area contributed by atoms with Crippen molar-refractivity contribution in [3.63, 3.8) is 0 Å². The van der Waals surface area contributed by atoms with Crippen molar-refractivity contribution >= 4 is 11.9 Å². The molecule has 1 amide bonds. The average Bonchev–Trinajstić information content (AvgIpc) is 2.74. The molecule has 1 aliphatic rings. The Morgan fingerprint density at radius 1 is 1.65 bits per heavy atom. The van der Waals surface area contributed by atoms with E-state index >= 15 is 0 Å². The number of amides is 1. The Hall–Kier alpha value is -1.10. The molecule has 0 spiro atoms. The minimum atomic E-state index is -0.252. The highest BCUT2D eigenvalue weighted by atomic mass is 16.5. The number of carbonyl (C=O) groups is 2. The van der Waals surface area contributed by atoms with Gasteiger partial charge in [-0.15, -0.1) is 0 Å². The molecule has 1 heterocycles. The van der Waals surface area contributed by atoms with Gasteiger partial charge in [-0.3, -0.25) is 9.59 Å². The van der Waals surface area contributed by atoms with Crippen LogP contribution in [0.25, 0.3) is 0 Å². The molecule has 0 saturated carbocycles. The van der Waals surface area contributed by atoms with Crippen molar-refractivity contribution in [3.8, 4) is 0 Å². The molecule has 5 heteroatoms. The molecule has 98 valence electrons. The maximum Gasteiger partial charge on any atom is 0.322 e. The topological polar surface area (TPSA) is 67.4 Å². The Bertz CT molecular complexity index is 268. The molecule has 1 rings (SSSR count). The number of nitrogens with one attached hydrogen (secondary N) is 2. The van der Waals surface area contributed by atoms with Crippen molar-refractivity contribution in [1.82, 2.24) is 10.6 Å². The summed E-state index contributed by atoms with van der Waals surface area (Å²) in [5.41, 5.74) is 0. The molecule has 0 aromatic rings. The lowest BCUT2D eigenvalue weighted by Crippen LogP contribution is -2.44. The molecule has 0 aromatic heterocycles. The van der Waals surface area contributed by atoms with E-state index in [1.54, 1.807) is 0 Å². The van der Waals surface area contributed by atoms with Crippen LogP contribution in [0.5, 0.6) is 0 Å². The minimum Gasteiger partial charge on any atom is -0.468 e. The third-order valence-corrected chi connectivity index (χ3v) is 3.03. The van der Waals surface area contributed by atoms with Crippen LogP contribution < -0.4 is 10.6 Å². The van der Waals surface area contributed by atoms with Gasteiger partial charge in [0.25, 0.3) is 0 Å². The van der Waals surface area contributed by atoms with Crippen molar-refractivity contribution in [2.45, 2.75) is 51.1 Å². The Morgan fingerprint density at radius 3 is 2.94 bits per heavy atom. The van der Waals surface area contributed by atoms with Gasteiger partial charge < -0.3 is 15.4 Å². The Labute approximate surface area is 102 Å². The van der Waals surface area contributed by atoms with Gasteiger partial charge in [0.05, 0.1) is 7.11 Å². The predicted octanol–water partition coefficient (Wildman–Crippen LogP) is 0.586. The van der Waals surface area contributed by atoms with E-state index in [4.69, 9.17) is 4.74 Å². The lowest BCUT2D eigenvalue weighted by molar-refractivity contribution is -0.143. The van der Waals surface area contributed by atoms with E-state index in [9.17, 15) is 9.59 Å². The number of methoxy groups -OCH3 is 1. The summed E-state index contributed by atoms with van der Waals surface area (Å²) in [5.74, 6) is -0.122. The van der Waals surface area contributed by atoms with Gasteiger partial charge in [0, 0.05) is 19.0 Å². The summed E-state index contributed by atoms with van der Waals surface area (Å²) in [7, 11) is 1.40. The number of unbranched alkanes of at least 4 members (excludes halogenated alkanes) is 1. The van der Waals surface area contributed by atoms with Crippen LogP contribution in [0.1, 0.15) is 39.0 Å². The second-order valence-electron chi connectivity index (χ2n) is 4.43. The van der Waals surface area contributed by atoms with Gasteiger partial charge in [0.15, 0.2) is 0 Å². The van der Waals surface area contributed by atoms with Gasteiger partial charge in [-0.1, -0.05) is 19.8 Å². The molecule has 0 aliphatic carbocycles. The second kappa shape index (κ2) is 7.27. The van der Waals surface area contributed by atoms with E-state index in [0.29, 0.717) is 13.0 Å². The van der Waals surface area contributed by atoms with Crippen LogP contribution in [0, 0.1) is 0 Å².